The van der Waals surface area contributed by atoms with Gasteiger partial charge in [0.2, 0.25) is 0 Å². The number of halogens is 2. The molecule has 0 aliphatic rings. The van der Waals surface area contributed by atoms with Crippen LogP contribution in [-0.2, 0) is 9.59 Å². The number of nitrogen functional groups attached to an aromatic ring is 1. The van der Waals surface area contributed by atoms with E-state index in [0.29, 0.717) is 27.8 Å². The summed E-state index contributed by atoms with van der Waals surface area (Å²) < 4.78 is 5.15. The van der Waals surface area contributed by atoms with Crippen LogP contribution in [0.1, 0.15) is 5.56 Å². The molecule has 2 aromatic rings. The lowest BCUT2D eigenvalue weighted by Gasteiger charge is -2.12. The van der Waals surface area contributed by atoms with E-state index in [4.69, 9.17) is 33.7 Å². The normalized spacial score (nSPS) is 10.2. The van der Waals surface area contributed by atoms with Gasteiger partial charge in [-0.15, -0.1) is 0 Å². The number of ether oxygens (including phenoxy) is 1. The minimum absolute atomic E-state index is 0.281. The van der Waals surface area contributed by atoms with Crippen molar-refractivity contribution in [2.75, 3.05) is 23.5 Å². The standard InChI is InChI=1S/C16H15Cl2N3O3/c1-8-5-13(14(24-2)7-10(8)17)21-16(23)15(22)20-9-3-4-12(19)11(18)6-9/h3-7H,19H2,1-2H3,(H,20,22)(H,21,23). The molecule has 6 nitrogen and oxygen atoms in total. The van der Waals surface area contributed by atoms with Crippen molar-refractivity contribution < 1.29 is 14.3 Å². The molecule has 0 aliphatic heterocycles. The molecule has 0 aromatic heterocycles. The van der Waals surface area contributed by atoms with Gasteiger partial charge in [0.15, 0.2) is 0 Å². The molecule has 8 heteroatoms. The molecule has 4 N–H and O–H groups in total. The molecule has 0 atom stereocenters. The molecule has 0 radical (unpaired) electrons. The lowest BCUT2D eigenvalue weighted by molar-refractivity contribution is -0.133. The number of amides is 2. The number of nitrogens with one attached hydrogen (secondary N) is 2. The highest BCUT2D eigenvalue weighted by molar-refractivity contribution is 6.44. The van der Waals surface area contributed by atoms with Crippen LogP contribution in [0.5, 0.6) is 5.75 Å². The number of carbonyl (C=O) groups is 2. The van der Waals surface area contributed by atoms with Gasteiger partial charge in [-0.2, -0.15) is 0 Å². The number of nitrogens with two attached hydrogens (primary N) is 1. The van der Waals surface area contributed by atoms with Gasteiger partial charge in [-0.1, -0.05) is 23.2 Å². The van der Waals surface area contributed by atoms with Crippen molar-refractivity contribution >= 4 is 52.1 Å². The largest absolute Gasteiger partial charge is 0.495 e. The van der Waals surface area contributed by atoms with Crippen molar-refractivity contribution in [3.63, 3.8) is 0 Å². The minimum atomic E-state index is -0.858. The van der Waals surface area contributed by atoms with Gasteiger partial charge in [0, 0.05) is 16.8 Å². The van der Waals surface area contributed by atoms with Crippen molar-refractivity contribution in [3.8, 4) is 5.75 Å². The van der Waals surface area contributed by atoms with E-state index >= 15 is 0 Å². The number of benzene rings is 2. The smallest absolute Gasteiger partial charge is 0.314 e. The second kappa shape index (κ2) is 7.42. The Morgan fingerprint density at radius 2 is 1.71 bits per heavy atom. The van der Waals surface area contributed by atoms with Gasteiger partial charge in [-0.3, -0.25) is 9.59 Å². The first-order valence-corrected chi connectivity index (χ1v) is 7.59. The second-order valence-corrected chi connectivity index (χ2v) is 5.76. The summed E-state index contributed by atoms with van der Waals surface area (Å²) >= 11 is 11.9. The lowest BCUT2D eigenvalue weighted by atomic mass is 10.2. The van der Waals surface area contributed by atoms with E-state index in [0.717, 1.165) is 5.56 Å². The Labute approximate surface area is 148 Å². The second-order valence-electron chi connectivity index (χ2n) is 4.95. The number of hydrogen-bond donors (Lipinski definition) is 3. The summed E-state index contributed by atoms with van der Waals surface area (Å²) in [6.07, 6.45) is 0. The van der Waals surface area contributed by atoms with Crippen molar-refractivity contribution in [2.45, 2.75) is 6.92 Å². The fourth-order valence-corrected chi connectivity index (χ4v) is 2.24. The highest BCUT2D eigenvalue weighted by Gasteiger charge is 2.17. The van der Waals surface area contributed by atoms with Crippen LogP contribution < -0.4 is 21.1 Å². The quantitative estimate of drug-likeness (QED) is 0.571. The average Bonchev–Trinajstić information content (AvgIpc) is 2.54. The third-order valence-corrected chi connectivity index (χ3v) is 3.93. The first-order chi connectivity index (χ1) is 11.3. The highest BCUT2D eigenvalue weighted by Crippen LogP contribution is 2.31. The predicted octanol–water partition coefficient (Wildman–Crippen LogP) is 3.47. The summed E-state index contributed by atoms with van der Waals surface area (Å²) in [6, 6.07) is 7.70. The van der Waals surface area contributed by atoms with Crippen molar-refractivity contribution in [2.24, 2.45) is 0 Å². The number of carbonyl (C=O) groups excluding carboxylic acids is 2. The fourth-order valence-electron chi connectivity index (χ4n) is 1.90. The Morgan fingerprint density at radius 3 is 2.33 bits per heavy atom. The zero-order chi connectivity index (χ0) is 17.9. The predicted molar refractivity (Wildman–Crippen MR) is 95.9 cm³/mol. The van der Waals surface area contributed by atoms with Crippen molar-refractivity contribution in [3.05, 3.63) is 45.9 Å². The van der Waals surface area contributed by atoms with Crippen LogP contribution in [0, 0.1) is 6.92 Å². The monoisotopic (exact) mass is 367 g/mol. The highest BCUT2D eigenvalue weighted by atomic mass is 35.5. The molecule has 0 spiro atoms. The molecule has 0 saturated heterocycles. The van der Waals surface area contributed by atoms with Crippen molar-refractivity contribution in [1.29, 1.82) is 0 Å². The maximum Gasteiger partial charge on any atom is 0.314 e. The zero-order valence-electron chi connectivity index (χ0n) is 12.9. The molecule has 0 saturated carbocycles. The molecular formula is C16H15Cl2N3O3. The Bertz CT molecular complexity index is 809. The number of anilines is 3. The van der Waals surface area contributed by atoms with E-state index in [1.165, 1.54) is 19.2 Å². The molecule has 0 unspecified atom stereocenters. The summed E-state index contributed by atoms with van der Waals surface area (Å²) in [5.74, 6) is -1.37. The molecule has 0 bridgehead atoms. The molecular weight excluding hydrogens is 353 g/mol. The van der Waals surface area contributed by atoms with Crippen LogP contribution in [0.3, 0.4) is 0 Å². The first-order valence-electron chi connectivity index (χ1n) is 6.83. The Balaban J connectivity index is 2.13. The van der Waals surface area contributed by atoms with Crippen LogP contribution in [-0.4, -0.2) is 18.9 Å². The van der Waals surface area contributed by atoms with Gasteiger partial charge < -0.3 is 21.1 Å². The maximum absolute atomic E-state index is 12.1. The molecule has 0 fully saturated rings. The van der Waals surface area contributed by atoms with E-state index in [2.05, 4.69) is 10.6 Å². The molecule has 2 rings (SSSR count). The van der Waals surface area contributed by atoms with Gasteiger partial charge in [0.05, 0.1) is 23.5 Å². The van der Waals surface area contributed by atoms with Gasteiger partial charge in [0.25, 0.3) is 0 Å². The summed E-state index contributed by atoms with van der Waals surface area (Å²) in [5.41, 5.74) is 7.40. The molecule has 2 aromatic carbocycles. The minimum Gasteiger partial charge on any atom is -0.495 e. The first kappa shape index (κ1) is 17.9. The van der Waals surface area contributed by atoms with E-state index in [1.807, 2.05) is 0 Å². The molecule has 24 heavy (non-hydrogen) atoms. The third-order valence-electron chi connectivity index (χ3n) is 3.19. The van der Waals surface area contributed by atoms with E-state index in [-0.39, 0.29) is 5.02 Å². The van der Waals surface area contributed by atoms with Gasteiger partial charge in [0.1, 0.15) is 5.75 Å². The van der Waals surface area contributed by atoms with E-state index in [9.17, 15) is 9.59 Å². The Morgan fingerprint density at radius 1 is 1.04 bits per heavy atom. The van der Waals surface area contributed by atoms with Gasteiger partial charge in [-0.25, -0.2) is 0 Å². The molecule has 0 aliphatic carbocycles. The number of methoxy groups -OCH3 is 1. The zero-order valence-corrected chi connectivity index (χ0v) is 14.5. The van der Waals surface area contributed by atoms with E-state index < -0.39 is 11.8 Å². The SMILES string of the molecule is COc1cc(Cl)c(C)cc1NC(=O)C(=O)Nc1ccc(N)c(Cl)c1. The van der Waals surface area contributed by atoms with Gasteiger partial charge in [-0.05, 0) is 36.8 Å². The number of hydrogen-bond acceptors (Lipinski definition) is 4. The molecule has 2 amide bonds. The van der Waals surface area contributed by atoms with Gasteiger partial charge >= 0.3 is 11.8 Å². The molecule has 126 valence electrons. The average molecular weight is 368 g/mol. The maximum atomic E-state index is 12.1. The van der Waals surface area contributed by atoms with Crippen LogP contribution in [0.25, 0.3) is 0 Å². The Hall–Kier alpha value is -2.44. The summed E-state index contributed by atoms with van der Waals surface area (Å²) in [5, 5.41) is 5.69. The lowest BCUT2D eigenvalue weighted by Crippen LogP contribution is -2.29. The summed E-state index contributed by atoms with van der Waals surface area (Å²) in [4.78, 5) is 24.1. The van der Waals surface area contributed by atoms with E-state index in [1.54, 1.807) is 25.1 Å². The van der Waals surface area contributed by atoms with Crippen LogP contribution in [0.15, 0.2) is 30.3 Å². The Kier molecular flexibility index (Phi) is 5.54. The van der Waals surface area contributed by atoms with Crippen LogP contribution in [0.4, 0.5) is 17.1 Å². The fraction of sp³-hybridized carbons (Fsp3) is 0.125. The third kappa shape index (κ3) is 4.10. The topological polar surface area (TPSA) is 93.4 Å². The van der Waals surface area contributed by atoms with Crippen LogP contribution >= 0.6 is 23.2 Å². The summed E-state index contributed by atoms with van der Waals surface area (Å²) in [6.45, 7) is 1.77. The van der Waals surface area contributed by atoms with Crippen molar-refractivity contribution in [1.82, 2.24) is 0 Å². The summed E-state index contributed by atoms with van der Waals surface area (Å²) in [7, 11) is 1.44. The molecule has 0 heterocycles. The van der Waals surface area contributed by atoms with Crippen LogP contribution in [0.2, 0.25) is 10.0 Å². The number of aryl methyl sites for hydroxylation is 1. The number of rotatable bonds is 3.